The van der Waals surface area contributed by atoms with E-state index in [-0.39, 0.29) is 17.7 Å². The number of rotatable bonds is 6. The number of fused-ring (bicyclic) bond motifs is 1. The molecule has 2 aliphatic heterocycles. The average Bonchev–Trinajstić information content (AvgIpc) is 3.21. The normalized spacial score (nSPS) is 21.4. The molecule has 0 unspecified atom stereocenters. The molecule has 0 spiro atoms. The SMILES string of the molecule is CC(C)C[C@H](NC(=O)N1c2ccccc2NC(=O)[C@H]1C(C)C)C(=O)N1CCC[C@H]1C(=O)O. The first kappa shape index (κ1) is 23.6. The Bertz CT molecular complexity index is 900. The van der Waals surface area contributed by atoms with Gasteiger partial charge in [-0.15, -0.1) is 0 Å². The molecule has 0 bridgehead atoms. The fourth-order valence-electron chi connectivity index (χ4n) is 4.50. The van der Waals surface area contributed by atoms with Gasteiger partial charge in [-0.25, -0.2) is 9.59 Å². The Morgan fingerprint density at radius 3 is 2.50 bits per heavy atom. The summed E-state index contributed by atoms with van der Waals surface area (Å²) < 4.78 is 0. The third-order valence-corrected chi connectivity index (χ3v) is 5.94. The van der Waals surface area contributed by atoms with Crippen molar-refractivity contribution in [3.63, 3.8) is 0 Å². The lowest BCUT2D eigenvalue weighted by atomic mass is 9.97. The van der Waals surface area contributed by atoms with Gasteiger partial charge in [0.15, 0.2) is 0 Å². The summed E-state index contributed by atoms with van der Waals surface area (Å²) in [5, 5.41) is 15.2. The van der Waals surface area contributed by atoms with Crippen LogP contribution in [0.1, 0.15) is 47.0 Å². The Hall–Kier alpha value is -3.10. The van der Waals surface area contributed by atoms with Gasteiger partial charge in [0.2, 0.25) is 11.8 Å². The van der Waals surface area contributed by atoms with Crippen LogP contribution in [0.5, 0.6) is 0 Å². The molecule has 1 aromatic rings. The number of carbonyl (C=O) groups is 4. The summed E-state index contributed by atoms with van der Waals surface area (Å²) >= 11 is 0. The van der Waals surface area contributed by atoms with Crippen molar-refractivity contribution in [1.29, 1.82) is 0 Å². The molecule has 1 fully saturated rings. The van der Waals surface area contributed by atoms with E-state index in [1.807, 2.05) is 27.7 Å². The molecule has 1 aromatic carbocycles. The highest BCUT2D eigenvalue weighted by Gasteiger charge is 2.42. The van der Waals surface area contributed by atoms with E-state index in [1.54, 1.807) is 24.3 Å². The molecule has 0 saturated carbocycles. The second-order valence-electron chi connectivity index (χ2n) is 9.22. The maximum absolute atomic E-state index is 13.5. The Labute approximate surface area is 188 Å². The van der Waals surface area contributed by atoms with Crippen LogP contribution in [0.3, 0.4) is 0 Å². The number of carbonyl (C=O) groups excluding carboxylic acids is 3. The van der Waals surface area contributed by atoms with Gasteiger partial charge in [-0.05, 0) is 43.2 Å². The molecule has 9 nitrogen and oxygen atoms in total. The molecule has 9 heteroatoms. The molecule has 2 heterocycles. The largest absolute Gasteiger partial charge is 0.480 e. The lowest BCUT2D eigenvalue weighted by molar-refractivity contribution is -0.149. The molecule has 2 aliphatic rings. The number of hydrogen-bond donors (Lipinski definition) is 3. The van der Waals surface area contributed by atoms with Crippen molar-refractivity contribution in [2.75, 3.05) is 16.8 Å². The van der Waals surface area contributed by atoms with Gasteiger partial charge < -0.3 is 20.6 Å². The fourth-order valence-corrected chi connectivity index (χ4v) is 4.50. The summed E-state index contributed by atoms with van der Waals surface area (Å²) in [6.45, 7) is 7.94. The molecule has 0 aliphatic carbocycles. The second kappa shape index (κ2) is 9.58. The van der Waals surface area contributed by atoms with E-state index in [4.69, 9.17) is 0 Å². The number of urea groups is 1. The predicted molar refractivity (Wildman–Crippen MR) is 120 cm³/mol. The number of carboxylic acids is 1. The first-order valence-corrected chi connectivity index (χ1v) is 11.1. The monoisotopic (exact) mass is 444 g/mol. The number of para-hydroxylation sites is 2. The highest BCUT2D eigenvalue weighted by molar-refractivity contribution is 6.12. The number of likely N-dealkylation sites (tertiary alicyclic amines) is 1. The van der Waals surface area contributed by atoms with Crippen LogP contribution in [-0.4, -0.2) is 58.5 Å². The quantitative estimate of drug-likeness (QED) is 0.623. The van der Waals surface area contributed by atoms with Crippen LogP contribution >= 0.6 is 0 Å². The van der Waals surface area contributed by atoms with Gasteiger partial charge in [-0.1, -0.05) is 39.8 Å². The van der Waals surface area contributed by atoms with Gasteiger partial charge in [0.25, 0.3) is 0 Å². The summed E-state index contributed by atoms with van der Waals surface area (Å²) in [7, 11) is 0. The lowest BCUT2D eigenvalue weighted by Gasteiger charge is -2.39. The first-order valence-electron chi connectivity index (χ1n) is 11.1. The van der Waals surface area contributed by atoms with Crippen LogP contribution in [-0.2, 0) is 14.4 Å². The zero-order valence-corrected chi connectivity index (χ0v) is 19.0. The van der Waals surface area contributed by atoms with Gasteiger partial charge in [0.1, 0.15) is 18.1 Å². The van der Waals surface area contributed by atoms with E-state index in [0.29, 0.717) is 37.2 Å². The number of benzene rings is 1. The molecular formula is C23H32N4O5. The van der Waals surface area contributed by atoms with Gasteiger partial charge in [0, 0.05) is 6.54 Å². The van der Waals surface area contributed by atoms with Crippen molar-refractivity contribution >= 4 is 35.2 Å². The van der Waals surface area contributed by atoms with Crippen molar-refractivity contribution in [2.24, 2.45) is 11.8 Å². The van der Waals surface area contributed by atoms with Crippen molar-refractivity contribution in [2.45, 2.75) is 65.1 Å². The summed E-state index contributed by atoms with van der Waals surface area (Å²) in [4.78, 5) is 53.9. The molecule has 32 heavy (non-hydrogen) atoms. The van der Waals surface area contributed by atoms with E-state index >= 15 is 0 Å². The highest BCUT2D eigenvalue weighted by Crippen LogP contribution is 2.34. The minimum atomic E-state index is -1.04. The maximum Gasteiger partial charge on any atom is 0.326 e. The number of anilines is 2. The van der Waals surface area contributed by atoms with E-state index in [9.17, 15) is 24.3 Å². The van der Waals surface area contributed by atoms with E-state index in [0.717, 1.165) is 0 Å². The number of hydrogen-bond acceptors (Lipinski definition) is 4. The lowest BCUT2D eigenvalue weighted by Crippen LogP contribution is -2.60. The van der Waals surface area contributed by atoms with Crippen LogP contribution in [0.25, 0.3) is 0 Å². The molecule has 174 valence electrons. The van der Waals surface area contributed by atoms with Crippen LogP contribution < -0.4 is 15.5 Å². The van der Waals surface area contributed by atoms with Crippen molar-refractivity contribution in [1.82, 2.24) is 10.2 Å². The Kier molecular flexibility index (Phi) is 7.06. The average molecular weight is 445 g/mol. The van der Waals surface area contributed by atoms with Crippen molar-refractivity contribution in [3.8, 4) is 0 Å². The number of amides is 4. The molecule has 0 aromatic heterocycles. The van der Waals surface area contributed by atoms with Gasteiger partial charge in [-0.3, -0.25) is 14.5 Å². The molecule has 3 rings (SSSR count). The molecule has 3 N–H and O–H groups in total. The third-order valence-electron chi connectivity index (χ3n) is 5.94. The maximum atomic E-state index is 13.5. The zero-order chi connectivity index (χ0) is 23.6. The molecule has 4 amide bonds. The zero-order valence-electron chi connectivity index (χ0n) is 19.0. The van der Waals surface area contributed by atoms with Gasteiger partial charge >= 0.3 is 12.0 Å². The van der Waals surface area contributed by atoms with Crippen LogP contribution in [0.2, 0.25) is 0 Å². The van der Waals surface area contributed by atoms with Crippen molar-refractivity contribution in [3.05, 3.63) is 24.3 Å². The molecular weight excluding hydrogens is 412 g/mol. The molecule has 1 saturated heterocycles. The van der Waals surface area contributed by atoms with Crippen molar-refractivity contribution < 1.29 is 24.3 Å². The number of aliphatic carboxylic acids is 1. The minimum Gasteiger partial charge on any atom is -0.480 e. The summed E-state index contributed by atoms with van der Waals surface area (Å²) in [5.41, 5.74) is 1.09. The third kappa shape index (κ3) is 4.71. The Morgan fingerprint density at radius 2 is 1.88 bits per heavy atom. The molecule has 0 radical (unpaired) electrons. The van der Waals surface area contributed by atoms with Crippen LogP contribution in [0.15, 0.2) is 24.3 Å². The standard InChI is InChI=1S/C23H32N4O5/c1-13(2)12-16(21(29)26-11-7-10-18(26)22(30)31)25-23(32)27-17-9-6-5-8-15(17)24-20(28)19(27)14(3)4/h5-6,8-9,13-14,16,18-19H,7,10-12H2,1-4H3,(H,24,28)(H,25,32)(H,30,31)/t16-,18-,19+/m0/s1. The second-order valence-corrected chi connectivity index (χ2v) is 9.22. The summed E-state index contributed by atoms with van der Waals surface area (Å²) in [6.07, 6.45) is 1.38. The Balaban J connectivity index is 1.90. The van der Waals surface area contributed by atoms with Gasteiger partial charge in [-0.2, -0.15) is 0 Å². The smallest absolute Gasteiger partial charge is 0.326 e. The minimum absolute atomic E-state index is 0.0907. The fraction of sp³-hybridized carbons (Fsp3) is 0.565. The predicted octanol–water partition coefficient (Wildman–Crippen LogP) is 2.67. The molecule has 3 atom stereocenters. The first-order chi connectivity index (χ1) is 15.1. The van der Waals surface area contributed by atoms with E-state index in [1.165, 1.54) is 9.80 Å². The summed E-state index contributed by atoms with van der Waals surface area (Å²) in [5.74, 6) is -1.79. The van der Waals surface area contributed by atoms with E-state index in [2.05, 4.69) is 10.6 Å². The Morgan fingerprint density at radius 1 is 1.19 bits per heavy atom. The number of nitrogens with zero attached hydrogens (tertiary/aromatic N) is 2. The summed E-state index contributed by atoms with van der Waals surface area (Å²) in [6, 6.07) is 3.99. The number of carboxylic acid groups (broad SMARTS) is 1. The highest BCUT2D eigenvalue weighted by atomic mass is 16.4. The topological polar surface area (TPSA) is 119 Å². The van der Waals surface area contributed by atoms with Crippen LogP contribution in [0.4, 0.5) is 16.2 Å². The van der Waals surface area contributed by atoms with Crippen LogP contribution in [0, 0.1) is 11.8 Å². The number of nitrogens with one attached hydrogen (secondary N) is 2. The van der Waals surface area contributed by atoms with Gasteiger partial charge in [0.05, 0.1) is 11.4 Å². The van der Waals surface area contributed by atoms with E-state index < -0.39 is 36.0 Å².